The van der Waals surface area contributed by atoms with Gasteiger partial charge in [0.1, 0.15) is 11.3 Å². The topological polar surface area (TPSA) is 66.6 Å². The van der Waals surface area contributed by atoms with Crippen LogP contribution in [0.2, 0.25) is 0 Å². The Labute approximate surface area is 100 Å². The number of nitrogens with zero attached hydrogens (tertiary/aromatic N) is 2. The first kappa shape index (κ1) is 12.1. The Kier molecular flexibility index (Phi) is 3.19. The van der Waals surface area contributed by atoms with Gasteiger partial charge in [-0.1, -0.05) is 5.16 Å². The highest BCUT2D eigenvalue weighted by atomic mass is 16.5. The molecule has 1 aromatic heterocycles. The molecule has 0 spiro atoms. The van der Waals surface area contributed by atoms with Gasteiger partial charge in [-0.2, -0.15) is 0 Å². The van der Waals surface area contributed by atoms with E-state index in [1.807, 2.05) is 6.92 Å². The summed E-state index contributed by atoms with van der Waals surface area (Å²) in [4.78, 5) is 14.0. The molecule has 17 heavy (non-hydrogen) atoms. The standard InChI is InChI=1S/C12H18N2O3/c1-9-10(8-13-17-9)11(15)14-6-3-4-12(2,16)5-7-14/h8,16H,3-7H2,1-2H3. The van der Waals surface area contributed by atoms with E-state index in [9.17, 15) is 9.90 Å². The van der Waals surface area contributed by atoms with Gasteiger partial charge in [-0.3, -0.25) is 4.79 Å². The summed E-state index contributed by atoms with van der Waals surface area (Å²) in [7, 11) is 0. The monoisotopic (exact) mass is 238 g/mol. The van der Waals surface area contributed by atoms with E-state index in [2.05, 4.69) is 5.16 Å². The van der Waals surface area contributed by atoms with Crippen molar-refractivity contribution >= 4 is 5.91 Å². The lowest BCUT2D eigenvalue weighted by Gasteiger charge is -2.22. The highest BCUT2D eigenvalue weighted by Gasteiger charge is 2.28. The van der Waals surface area contributed by atoms with E-state index in [1.165, 1.54) is 6.20 Å². The minimum absolute atomic E-state index is 0.0542. The number of amides is 1. The third-order valence-electron chi connectivity index (χ3n) is 3.33. The third kappa shape index (κ3) is 2.66. The SMILES string of the molecule is Cc1oncc1C(=O)N1CCCC(C)(O)CC1. The molecule has 94 valence electrons. The van der Waals surface area contributed by atoms with Crippen LogP contribution in [0.5, 0.6) is 0 Å². The zero-order valence-electron chi connectivity index (χ0n) is 10.3. The van der Waals surface area contributed by atoms with Crippen LogP contribution >= 0.6 is 0 Å². The van der Waals surface area contributed by atoms with E-state index >= 15 is 0 Å². The molecule has 1 aliphatic heterocycles. The quantitative estimate of drug-likeness (QED) is 0.802. The number of aliphatic hydroxyl groups is 1. The number of hydrogen-bond donors (Lipinski definition) is 1. The smallest absolute Gasteiger partial charge is 0.259 e. The molecule has 1 unspecified atom stereocenters. The van der Waals surface area contributed by atoms with Crippen molar-refractivity contribution in [3.05, 3.63) is 17.5 Å². The fourth-order valence-corrected chi connectivity index (χ4v) is 2.14. The van der Waals surface area contributed by atoms with Crippen molar-refractivity contribution in [3.8, 4) is 0 Å². The second-order valence-electron chi connectivity index (χ2n) is 4.94. The van der Waals surface area contributed by atoms with Crippen molar-refractivity contribution in [2.24, 2.45) is 0 Å². The maximum absolute atomic E-state index is 12.2. The summed E-state index contributed by atoms with van der Waals surface area (Å²) >= 11 is 0. The zero-order chi connectivity index (χ0) is 12.5. The van der Waals surface area contributed by atoms with Crippen molar-refractivity contribution in [1.29, 1.82) is 0 Å². The first-order valence-electron chi connectivity index (χ1n) is 5.92. The van der Waals surface area contributed by atoms with Gasteiger partial charge in [-0.25, -0.2) is 0 Å². The Balaban J connectivity index is 2.08. The van der Waals surface area contributed by atoms with Crippen molar-refractivity contribution < 1.29 is 14.4 Å². The van der Waals surface area contributed by atoms with Crippen LogP contribution < -0.4 is 0 Å². The van der Waals surface area contributed by atoms with Crippen LogP contribution in [-0.4, -0.2) is 39.8 Å². The van der Waals surface area contributed by atoms with Crippen LogP contribution in [0.4, 0.5) is 0 Å². The van der Waals surface area contributed by atoms with Gasteiger partial charge in [-0.15, -0.1) is 0 Å². The number of hydrogen-bond acceptors (Lipinski definition) is 4. The highest BCUT2D eigenvalue weighted by molar-refractivity contribution is 5.94. The number of likely N-dealkylation sites (tertiary alicyclic amines) is 1. The van der Waals surface area contributed by atoms with Crippen molar-refractivity contribution in [2.45, 2.75) is 38.7 Å². The van der Waals surface area contributed by atoms with Crippen molar-refractivity contribution in [1.82, 2.24) is 10.1 Å². The summed E-state index contributed by atoms with van der Waals surface area (Å²) in [6.07, 6.45) is 3.63. The van der Waals surface area contributed by atoms with E-state index < -0.39 is 5.60 Å². The summed E-state index contributed by atoms with van der Waals surface area (Å²) in [5.74, 6) is 0.493. The van der Waals surface area contributed by atoms with Gasteiger partial charge < -0.3 is 14.5 Å². The summed E-state index contributed by atoms with van der Waals surface area (Å²) in [6, 6.07) is 0. The summed E-state index contributed by atoms with van der Waals surface area (Å²) < 4.78 is 4.90. The maximum atomic E-state index is 12.2. The largest absolute Gasteiger partial charge is 0.390 e. The van der Waals surface area contributed by atoms with Crippen LogP contribution in [0, 0.1) is 6.92 Å². The zero-order valence-corrected chi connectivity index (χ0v) is 10.3. The Morgan fingerprint density at radius 3 is 2.94 bits per heavy atom. The number of aromatic nitrogens is 1. The molecule has 1 aliphatic rings. The van der Waals surface area contributed by atoms with Crippen LogP contribution in [0.15, 0.2) is 10.7 Å². The van der Waals surface area contributed by atoms with E-state index in [1.54, 1.807) is 11.8 Å². The van der Waals surface area contributed by atoms with Gasteiger partial charge in [0.2, 0.25) is 0 Å². The van der Waals surface area contributed by atoms with Crippen LogP contribution in [0.3, 0.4) is 0 Å². The van der Waals surface area contributed by atoms with Gasteiger partial charge in [0.05, 0.1) is 11.8 Å². The minimum Gasteiger partial charge on any atom is -0.390 e. The van der Waals surface area contributed by atoms with Gasteiger partial charge in [0.25, 0.3) is 5.91 Å². The molecule has 5 heteroatoms. The minimum atomic E-state index is -0.654. The first-order valence-corrected chi connectivity index (χ1v) is 5.92. The molecule has 0 saturated carbocycles. The van der Waals surface area contributed by atoms with E-state index in [0.29, 0.717) is 30.8 Å². The molecule has 5 nitrogen and oxygen atoms in total. The normalized spacial score (nSPS) is 25.7. The van der Waals surface area contributed by atoms with E-state index in [4.69, 9.17) is 4.52 Å². The number of carbonyl (C=O) groups excluding carboxylic acids is 1. The molecule has 0 radical (unpaired) electrons. The van der Waals surface area contributed by atoms with Gasteiger partial charge in [0, 0.05) is 13.1 Å². The second-order valence-corrected chi connectivity index (χ2v) is 4.94. The Bertz CT molecular complexity index is 412. The average Bonchev–Trinajstić information content (AvgIpc) is 2.59. The predicted molar refractivity (Wildman–Crippen MR) is 61.6 cm³/mol. The molecule has 2 rings (SSSR count). The molecule has 0 aliphatic carbocycles. The number of aryl methyl sites for hydroxylation is 1. The molecule has 1 fully saturated rings. The van der Waals surface area contributed by atoms with Crippen LogP contribution in [-0.2, 0) is 0 Å². The molecule has 1 N–H and O–H groups in total. The van der Waals surface area contributed by atoms with Gasteiger partial charge in [-0.05, 0) is 33.1 Å². The number of carbonyl (C=O) groups is 1. The Hall–Kier alpha value is -1.36. The summed E-state index contributed by atoms with van der Waals surface area (Å²) in [5, 5.41) is 13.6. The predicted octanol–water partition coefficient (Wildman–Crippen LogP) is 1.36. The van der Waals surface area contributed by atoms with E-state index in [-0.39, 0.29) is 5.91 Å². The molecule has 2 heterocycles. The lowest BCUT2D eigenvalue weighted by atomic mass is 9.98. The van der Waals surface area contributed by atoms with E-state index in [0.717, 1.165) is 12.8 Å². The van der Waals surface area contributed by atoms with Crippen molar-refractivity contribution in [2.75, 3.05) is 13.1 Å². The number of rotatable bonds is 1. The second kappa shape index (κ2) is 4.49. The summed E-state index contributed by atoms with van der Waals surface area (Å²) in [5.41, 5.74) is -0.134. The lowest BCUT2D eigenvalue weighted by Crippen LogP contribution is -2.33. The fourth-order valence-electron chi connectivity index (χ4n) is 2.14. The molecule has 1 saturated heterocycles. The summed E-state index contributed by atoms with van der Waals surface area (Å²) in [6.45, 7) is 4.82. The molecule has 0 aromatic carbocycles. The van der Waals surface area contributed by atoms with Gasteiger partial charge in [0.15, 0.2) is 0 Å². The average molecular weight is 238 g/mol. The first-order chi connectivity index (χ1) is 7.99. The fraction of sp³-hybridized carbons (Fsp3) is 0.667. The lowest BCUT2D eigenvalue weighted by molar-refractivity contribution is 0.0438. The molecule has 1 aromatic rings. The molecule has 1 atom stereocenters. The molecule has 0 bridgehead atoms. The Morgan fingerprint density at radius 1 is 1.53 bits per heavy atom. The molecular formula is C12H18N2O3. The van der Waals surface area contributed by atoms with Crippen LogP contribution in [0.25, 0.3) is 0 Å². The third-order valence-corrected chi connectivity index (χ3v) is 3.33. The maximum Gasteiger partial charge on any atom is 0.259 e. The van der Waals surface area contributed by atoms with Gasteiger partial charge >= 0.3 is 0 Å². The Morgan fingerprint density at radius 2 is 2.29 bits per heavy atom. The highest BCUT2D eigenvalue weighted by Crippen LogP contribution is 2.22. The molecule has 1 amide bonds. The van der Waals surface area contributed by atoms with Crippen molar-refractivity contribution in [3.63, 3.8) is 0 Å². The van der Waals surface area contributed by atoms with Crippen LogP contribution in [0.1, 0.15) is 42.3 Å². The molecular weight excluding hydrogens is 220 g/mol.